The number of aromatic nitrogens is 1. The molecule has 2 rings (SSSR count). The number of carboxylic acids is 1. The molecule has 0 aromatic carbocycles. The Morgan fingerprint density at radius 2 is 2.42 bits per heavy atom. The van der Waals surface area contributed by atoms with Gasteiger partial charge in [0, 0.05) is 23.0 Å². The molecular formula is C8H8N2O2. The topological polar surface area (TPSA) is 65.1 Å². The van der Waals surface area contributed by atoms with E-state index in [0.29, 0.717) is 0 Å². The first-order chi connectivity index (χ1) is 5.77. The van der Waals surface area contributed by atoms with Gasteiger partial charge in [0.15, 0.2) is 0 Å². The molecule has 4 nitrogen and oxygen atoms in total. The van der Waals surface area contributed by atoms with Gasteiger partial charge in [-0.05, 0) is 12.1 Å². The van der Waals surface area contributed by atoms with Crippen molar-refractivity contribution in [2.75, 3.05) is 0 Å². The standard InChI is InChI=1S/C8H8N2O2/c11-8(12)7-3-6-5(4-10-7)1-2-9-6/h1-4,7,9-10H,(H,11,12). The Labute approximate surface area is 68.2 Å². The van der Waals surface area contributed by atoms with E-state index < -0.39 is 12.0 Å². The molecule has 1 unspecified atom stereocenters. The van der Waals surface area contributed by atoms with E-state index in [1.165, 1.54) is 0 Å². The van der Waals surface area contributed by atoms with Crippen LogP contribution in [0.5, 0.6) is 0 Å². The molecule has 0 amide bonds. The Hall–Kier alpha value is -1.71. The molecule has 0 fully saturated rings. The smallest absolute Gasteiger partial charge is 0.330 e. The molecule has 62 valence electrons. The third-order valence-electron chi connectivity index (χ3n) is 1.83. The third kappa shape index (κ3) is 0.972. The fourth-order valence-electron chi connectivity index (χ4n) is 1.20. The molecule has 0 saturated heterocycles. The number of nitrogens with one attached hydrogen (secondary N) is 2. The Morgan fingerprint density at radius 3 is 3.17 bits per heavy atom. The highest BCUT2D eigenvalue weighted by Gasteiger charge is 2.13. The van der Waals surface area contributed by atoms with Crippen molar-refractivity contribution < 1.29 is 9.90 Å². The van der Waals surface area contributed by atoms with Crippen molar-refractivity contribution >= 4 is 18.2 Å². The van der Waals surface area contributed by atoms with Crippen molar-refractivity contribution in [3.63, 3.8) is 0 Å². The maximum Gasteiger partial charge on any atom is 0.330 e. The van der Waals surface area contributed by atoms with E-state index in [1.54, 1.807) is 18.5 Å². The Bertz CT molecular complexity index is 419. The summed E-state index contributed by atoms with van der Waals surface area (Å²) in [6, 6.07) is 1.27. The lowest BCUT2D eigenvalue weighted by Crippen LogP contribution is -2.41. The van der Waals surface area contributed by atoms with Crippen LogP contribution in [0.15, 0.2) is 12.3 Å². The molecule has 0 aliphatic carbocycles. The fraction of sp³-hybridized carbons (Fsp3) is 0.125. The molecule has 1 atom stereocenters. The van der Waals surface area contributed by atoms with Crippen LogP contribution in [-0.2, 0) is 4.79 Å². The first-order valence-electron chi connectivity index (χ1n) is 3.62. The van der Waals surface area contributed by atoms with Crippen molar-refractivity contribution in [3.8, 4) is 0 Å². The van der Waals surface area contributed by atoms with Crippen molar-refractivity contribution in [3.05, 3.63) is 22.8 Å². The van der Waals surface area contributed by atoms with E-state index in [-0.39, 0.29) is 0 Å². The van der Waals surface area contributed by atoms with Gasteiger partial charge in [0.25, 0.3) is 0 Å². The minimum atomic E-state index is -0.869. The number of aliphatic carboxylic acids is 1. The number of hydrogen-bond donors (Lipinski definition) is 3. The highest BCUT2D eigenvalue weighted by atomic mass is 16.4. The molecule has 1 aromatic heterocycles. The lowest BCUT2D eigenvalue weighted by atomic mass is 10.2. The van der Waals surface area contributed by atoms with Crippen molar-refractivity contribution in [2.45, 2.75) is 6.04 Å². The number of carboxylic acid groups (broad SMARTS) is 1. The van der Waals surface area contributed by atoms with E-state index in [1.807, 2.05) is 6.07 Å². The second-order valence-corrected chi connectivity index (χ2v) is 2.64. The molecule has 12 heavy (non-hydrogen) atoms. The molecule has 0 radical (unpaired) electrons. The van der Waals surface area contributed by atoms with Gasteiger partial charge < -0.3 is 15.4 Å². The zero-order chi connectivity index (χ0) is 8.55. The summed E-state index contributed by atoms with van der Waals surface area (Å²) in [6.45, 7) is 0. The first kappa shape index (κ1) is 6.97. The Balaban J connectivity index is 2.52. The summed E-state index contributed by atoms with van der Waals surface area (Å²) < 4.78 is 0. The largest absolute Gasteiger partial charge is 0.479 e. The van der Waals surface area contributed by atoms with Crippen LogP contribution in [0.25, 0.3) is 12.3 Å². The van der Waals surface area contributed by atoms with Crippen LogP contribution in [0.1, 0.15) is 0 Å². The van der Waals surface area contributed by atoms with Gasteiger partial charge >= 0.3 is 5.97 Å². The number of hydrogen-bond acceptors (Lipinski definition) is 2. The molecule has 3 N–H and O–H groups in total. The zero-order valence-electron chi connectivity index (χ0n) is 6.24. The molecule has 0 bridgehead atoms. The van der Waals surface area contributed by atoms with Gasteiger partial charge in [-0.3, -0.25) is 0 Å². The normalized spacial score (nSPS) is 19.8. The summed E-state index contributed by atoms with van der Waals surface area (Å²) in [4.78, 5) is 13.5. The van der Waals surface area contributed by atoms with Crippen molar-refractivity contribution in [1.82, 2.24) is 10.3 Å². The van der Waals surface area contributed by atoms with Crippen LogP contribution in [0.2, 0.25) is 0 Å². The summed E-state index contributed by atoms with van der Waals surface area (Å²) in [5.74, 6) is -0.869. The maximum atomic E-state index is 10.6. The van der Waals surface area contributed by atoms with Gasteiger partial charge in [0.1, 0.15) is 6.04 Å². The Kier molecular flexibility index (Phi) is 1.40. The summed E-state index contributed by atoms with van der Waals surface area (Å²) in [5.41, 5.74) is 0. The SMILES string of the molecule is O=C(O)C1C=c2[nH]ccc2=CN1. The molecule has 1 aliphatic heterocycles. The van der Waals surface area contributed by atoms with Crippen molar-refractivity contribution in [1.29, 1.82) is 0 Å². The molecule has 2 heterocycles. The first-order valence-corrected chi connectivity index (χ1v) is 3.62. The second-order valence-electron chi connectivity index (χ2n) is 2.64. The number of H-pyrrole nitrogens is 1. The van der Waals surface area contributed by atoms with Crippen LogP contribution < -0.4 is 15.9 Å². The quantitative estimate of drug-likeness (QED) is 0.478. The predicted molar refractivity (Wildman–Crippen MR) is 43.5 cm³/mol. The van der Waals surface area contributed by atoms with Gasteiger partial charge in [-0.1, -0.05) is 0 Å². The van der Waals surface area contributed by atoms with E-state index in [2.05, 4.69) is 10.3 Å². The summed E-state index contributed by atoms with van der Waals surface area (Å²) >= 11 is 0. The molecule has 0 saturated carbocycles. The van der Waals surface area contributed by atoms with Gasteiger partial charge in [0.05, 0.1) is 0 Å². The minimum absolute atomic E-state index is 0.615. The summed E-state index contributed by atoms with van der Waals surface area (Å²) in [5, 5.41) is 13.3. The van der Waals surface area contributed by atoms with E-state index in [4.69, 9.17) is 5.11 Å². The van der Waals surface area contributed by atoms with Crippen LogP contribution in [0.3, 0.4) is 0 Å². The average Bonchev–Trinajstić information content (AvgIpc) is 2.49. The molecule has 1 aliphatic rings. The third-order valence-corrected chi connectivity index (χ3v) is 1.83. The molecule has 1 aromatic rings. The van der Waals surface area contributed by atoms with Crippen LogP contribution >= 0.6 is 0 Å². The van der Waals surface area contributed by atoms with Gasteiger partial charge in [-0.15, -0.1) is 0 Å². The lowest BCUT2D eigenvalue weighted by Gasteiger charge is -2.09. The zero-order valence-corrected chi connectivity index (χ0v) is 6.24. The van der Waals surface area contributed by atoms with Crippen LogP contribution in [0.4, 0.5) is 0 Å². The average molecular weight is 164 g/mol. The fourth-order valence-corrected chi connectivity index (χ4v) is 1.20. The van der Waals surface area contributed by atoms with Crippen LogP contribution in [-0.4, -0.2) is 22.1 Å². The molecular weight excluding hydrogens is 156 g/mol. The van der Waals surface area contributed by atoms with E-state index in [0.717, 1.165) is 10.6 Å². The van der Waals surface area contributed by atoms with Gasteiger partial charge in [-0.2, -0.15) is 0 Å². The highest BCUT2D eigenvalue weighted by molar-refractivity contribution is 5.82. The number of rotatable bonds is 1. The second kappa shape index (κ2) is 2.41. The number of fused-ring (bicyclic) bond motifs is 1. The van der Waals surface area contributed by atoms with Gasteiger partial charge in [-0.25, -0.2) is 4.79 Å². The molecule has 0 spiro atoms. The van der Waals surface area contributed by atoms with E-state index >= 15 is 0 Å². The molecule has 4 heteroatoms. The number of aromatic amines is 1. The van der Waals surface area contributed by atoms with E-state index in [9.17, 15) is 4.79 Å². The lowest BCUT2D eigenvalue weighted by molar-refractivity contribution is -0.137. The van der Waals surface area contributed by atoms with Crippen LogP contribution in [0, 0.1) is 0 Å². The maximum absolute atomic E-state index is 10.6. The van der Waals surface area contributed by atoms with Crippen molar-refractivity contribution in [2.24, 2.45) is 0 Å². The predicted octanol–water partition coefficient (Wildman–Crippen LogP) is -1.41. The summed E-state index contributed by atoms with van der Waals surface area (Å²) in [6.07, 6.45) is 5.13. The number of carbonyl (C=O) groups is 1. The van der Waals surface area contributed by atoms with Gasteiger partial charge in [0.2, 0.25) is 0 Å². The highest BCUT2D eigenvalue weighted by Crippen LogP contribution is 1.87. The summed E-state index contributed by atoms with van der Waals surface area (Å²) in [7, 11) is 0. The monoisotopic (exact) mass is 164 g/mol. The Morgan fingerprint density at radius 1 is 1.58 bits per heavy atom. The minimum Gasteiger partial charge on any atom is -0.479 e.